The molecule has 98 valence electrons. The number of nitrogens with zero attached hydrogens (tertiary/aromatic N) is 4. The molecule has 3 N–H and O–H groups in total. The molecule has 0 bridgehead atoms. The van der Waals surface area contributed by atoms with Gasteiger partial charge in [-0.05, 0) is 12.1 Å². The number of nitrogens with two attached hydrogens (primary N) is 1. The molecule has 2 heterocycles. The predicted molar refractivity (Wildman–Crippen MR) is 71.4 cm³/mol. The average Bonchev–Trinajstić information content (AvgIpc) is 3.00. The number of benzene rings is 1. The van der Waals surface area contributed by atoms with E-state index in [0.717, 1.165) is 11.0 Å². The van der Waals surface area contributed by atoms with E-state index >= 15 is 0 Å². The second kappa shape index (κ2) is 4.69. The van der Waals surface area contributed by atoms with Gasteiger partial charge >= 0.3 is 0 Å². The lowest BCUT2D eigenvalue weighted by molar-refractivity contribution is 0.188. The Hall–Kier alpha value is -2.41. The number of aromatic amines is 1. The lowest BCUT2D eigenvalue weighted by Crippen LogP contribution is -2.06. The highest BCUT2D eigenvalue weighted by molar-refractivity contribution is 5.79. The maximum absolute atomic E-state index is 5.55. The number of anilines is 1. The molecule has 0 saturated carbocycles. The van der Waals surface area contributed by atoms with E-state index in [0.29, 0.717) is 24.8 Å². The number of para-hydroxylation sites is 2. The molecular formula is C12H14N6O. The summed E-state index contributed by atoms with van der Waals surface area (Å²) in [4.78, 5) is 8.70. The molecule has 0 radical (unpaired) electrons. The molecule has 0 aliphatic carbocycles. The number of rotatable bonds is 4. The van der Waals surface area contributed by atoms with Crippen molar-refractivity contribution >= 4 is 17.0 Å². The van der Waals surface area contributed by atoms with Crippen LogP contribution in [0.3, 0.4) is 0 Å². The Kier molecular flexibility index (Phi) is 2.88. The minimum Gasteiger partial charge on any atom is -0.383 e. The standard InChI is InChI=1S/C12H14N6O/c1-19-7-6-18-9-5-3-2-4-8(9)14-11(18)10-15-12(13)17-16-10/h2-5H,6-7H2,1H3,(H3,13,15,16,17). The summed E-state index contributed by atoms with van der Waals surface area (Å²) in [5, 5.41) is 6.63. The molecule has 3 rings (SSSR count). The van der Waals surface area contributed by atoms with Gasteiger partial charge in [0.2, 0.25) is 5.95 Å². The molecule has 7 heteroatoms. The van der Waals surface area contributed by atoms with Crippen LogP contribution in [-0.4, -0.2) is 38.4 Å². The average molecular weight is 258 g/mol. The van der Waals surface area contributed by atoms with Gasteiger partial charge in [0.1, 0.15) is 0 Å². The summed E-state index contributed by atoms with van der Waals surface area (Å²) >= 11 is 0. The van der Waals surface area contributed by atoms with E-state index in [9.17, 15) is 0 Å². The maximum atomic E-state index is 5.55. The first-order valence-corrected chi connectivity index (χ1v) is 5.92. The molecule has 7 nitrogen and oxygen atoms in total. The third kappa shape index (κ3) is 2.04. The van der Waals surface area contributed by atoms with Crippen LogP contribution in [0.25, 0.3) is 22.7 Å². The fourth-order valence-electron chi connectivity index (χ4n) is 2.04. The Balaban J connectivity index is 2.16. The van der Waals surface area contributed by atoms with Gasteiger partial charge < -0.3 is 15.0 Å². The number of fused-ring (bicyclic) bond motifs is 1. The number of ether oxygens (including phenoxy) is 1. The van der Waals surface area contributed by atoms with Crippen molar-refractivity contribution in [3.8, 4) is 11.6 Å². The van der Waals surface area contributed by atoms with Crippen molar-refractivity contribution < 1.29 is 4.74 Å². The fraction of sp³-hybridized carbons (Fsp3) is 0.250. The smallest absolute Gasteiger partial charge is 0.239 e. The molecule has 0 atom stereocenters. The van der Waals surface area contributed by atoms with E-state index in [1.165, 1.54) is 0 Å². The van der Waals surface area contributed by atoms with E-state index in [4.69, 9.17) is 10.5 Å². The van der Waals surface area contributed by atoms with Crippen molar-refractivity contribution in [3.05, 3.63) is 24.3 Å². The normalized spacial score (nSPS) is 11.2. The van der Waals surface area contributed by atoms with E-state index in [1.807, 2.05) is 28.8 Å². The van der Waals surface area contributed by atoms with Crippen molar-refractivity contribution in [2.45, 2.75) is 6.54 Å². The van der Waals surface area contributed by atoms with Crippen LogP contribution >= 0.6 is 0 Å². The number of nitrogens with one attached hydrogen (secondary N) is 1. The van der Waals surface area contributed by atoms with Crippen LogP contribution < -0.4 is 5.73 Å². The Morgan fingerprint density at radius 1 is 1.32 bits per heavy atom. The number of methoxy groups -OCH3 is 1. The summed E-state index contributed by atoms with van der Waals surface area (Å²) in [6.07, 6.45) is 0. The highest BCUT2D eigenvalue weighted by Crippen LogP contribution is 2.22. The molecule has 0 amide bonds. The summed E-state index contributed by atoms with van der Waals surface area (Å²) in [5.41, 5.74) is 7.48. The van der Waals surface area contributed by atoms with E-state index in [-0.39, 0.29) is 5.95 Å². The Morgan fingerprint density at radius 3 is 2.89 bits per heavy atom. The molecule has 0 aliphatic rings. The van der Waals surface area contributed by atoms with Crippen molar-refractivity contribution in [2.24, 2.45) is 0 Å². The van der Waals surface area contributed by atoms with Gasteiger partial charge in [0.05, 0.1) is 17.6 Å². The van der Waals surface area contributed by atoms with Gasteiger partial charge in [-0.3, -0.25) is 5.10 Å². The molecule has 19 heavy (non-hydrogen) atoms. The highest BCUT2D eigenvalue weighted by Gasteiger charge is 2.15. The second-order valence-corrected chi connectivity index (χ2v) is 4.11. The molecule has 1 aromatic carbocycles. The Labute approximate surface area is 109 Å². The van der Waals surface area contributed by atoms with Gasteiger partial charge in [0, 0.05) is 13.7 Å². The van der Waals surface area contributed by atoms with Crippen LogP contribution in [0.15, 0.2) is 24.3 Å². The van der Waals surface area contributed by atoms with Crippen molar-refractivity contribution in [1.29, 1.82) is 0 Å². The second-order valence-electron chi connectivity index (χ2n) is 4.11. The third-order valence-electron chi connectivity index (χ3n) is 2.89. The number of aromatic nitrogens is 5. The Morgan fingerprint density at radius 2 is 2.16 bits per heavy atom. The van der Waals surface area contributed by atoms with E-state index in [2.05, 4.69) is 20.2 Å². The summed E-state index contributed by atoms with van der Waals surface area (Å²) in [6, 6.07) is 7.91. The van der Waals surface area contributed by atoms with Gasteiger partial charge in [-0.1, -0.05) is 12.1 Å². The Bertz CT molecular complexity index is 701. The van der Waals surface area contributed by atoms with Crippen LogP contribution in [0.1, 0.15) is 0 Å². The van der Waals surface area contributed by atoms with Crippen molar-refractivity contribution in [2.75, 3.05) is 19.5 Å². The molecular weight excluding hydrogens is 244 g/mol. The molecule has 3 aromatic rings. The number of nitrogen functional groups attached to an aromatic ring is 1. The lowest BCUT2D eigenvalue weighted by atomic mass is 10.3. The number of imidazole rings is 1. The lowest BCUT2D eigenvalue weighted by Gasteiger charge is -2.06. The SMILES string of the molecule is COCCn1c(-c2nc(N)n[nH]2)nc2ccccc21. The van der Waals surface area contributed by atoms with Crippen LogP contribution in [0.4, 0.5) is 5.95 Å². The third-order valence-corrected chi connectivity index (χ3v) is 2.89. The first-order chi connectivity index (χ1) is 9.29. The topological polar surface area (TPSA) is 94.6 Å². The van der Waals surface area contributed by atoms with Gasteiger partial charge in [-0.2, -0.15) is 4.98 Å². The summed E-state index contributed by atoms with van der Waals surface area (Å²) < 4.78 is 7.18. The minimum atomic E-state index is 0.209. The number of hydrogen-bond acceptors (Lipinski definition) is 5. The molecule has 0 aliphatic heterocycles. The zero-order valence-electron chi connectivity index (χ0n) is 10.5. The van der Waals surface area contributed by atoms with Crippen LogP contribution in [0.2, 0.25) is 0 Å². The van der Waals surface area contributed by atoms with Crippen molar-refractivity contribution in [1.82, 2.24) is 24.7 Å². The molecule has 0 fully saturated rings. The molecule has 0 saturated heterocycles. The quantitative estimate of drug-likeness (QED) is 0.729. The van der Waals surface area contributed by atoms with Gasteiger partial charge in [-0.25, -0.2) is 4.98 Å². The van der Waals surface area contributed by atoms with Crippen LogP contribution in [-0.2, 0) is 11.3 Å². The summed E-state index contributed by atoms with van der Waals surface area (Å²) in [5.74, 6) is 1.48. The van der Waals surface area contributed by atoms with Gasteiger partial charge in [0.15, 0.2) is 11.6 Å². The maximum Gasteiger partial charge on any atom is 0.239 e. The monoisotopic (exact) mass is 258 g/mol. The van der Waals surface area contributed by atoms with Crippen molar-refractivity contribution in [3.63, 3.8) is 0 Å². The van der Waals surface area contributed by atoms with E-state index in [1.54, 1.807) is 7.11 Å². The number of hydrogen-bond donors (Lipinski definition) is 2. The van der Waals surface area contributed by atoms with Crippen LogP contribution in [0, 0.1) is 0 Å². The molecule has 0 unspecified atom stereocenters. The number of H-pyrrole nitrogens is 1. The predicted octanol–water partition coefficient (Wildman–Crippen LogP) is 1.05. The van der Waals surface area contributed by atoms with Gasteiger partial charge in [0.25, 0.3) is 0 Å². The first-order valence-electron chi connectivity index (χ1n) is 5.92. The molecule has 0 spiro atoms. The zero-order chi connectivity index (χ0) is 13.2. The van der Waals surface area contributed by atoms with Crippen LogP contribution in [0.5, 0.6) is 0 Å². The molecule has 2 aromatic heterocycles. The largest absolute Gasteiger partial charge is 0.383 e. The fourth-order valence-corrected chi connectivity index (χ4v) is 2.04. The highest BCUT2D eigenvalue weighted by atomic mass is 16.5. The zero-order valence-corrected chi connectivity index (χ0v) is 10.5. The van der Waals surface area contributed by atoms with Gasteiger partial charge in [-0.15, -0.1) is 5.10 Å². The summed E-state index contributed by atoms with van der Waals surface area (Å²) in [6.45, 7) is 1.28. The summed E-state index contributed by atoms with van der Waals surface area (Å²) in [7, 11) is 1.67. The van der Waals surface area contributed by atoms with E-state index < -0.39 is 0 Å². The minimum absolute atomic E-state index is 0.209. The first kappa shape index (κ1) is 11.7.